The van der Waals surface area contributed by atoms with Crippen LogP contribution in [-0.4, -0.2) is 11.7 Å². The van der Waals surface area contributed by atoms with Gasteiger partial charge in [-0.3, -0.25) is 0 Å². The number of hydrogen-bond donors (Lipinski definition) is 2. The summed E-state index contributed by atoms with van der Waals surface area (Å²) >= 11 is 2.07. The Morgan fingerprint density at radius 2 is 2.31 bits per heavy atom. The Balaban J connectivity index is 2.56. The molecule has 1 aromatic carbocycles. The molecule has 13 heavy (non-hydrogen) atoms. The summed E-state index contributed by atoms with van der Waals surface area (Å²) in [4.78, 5) is 0. The van der Waals surface area contributed by atoms with E-state index in [9.17, 15) is 5.11 Å². The standard InChI is InChI=1S/C9H10INO2/c10-6-2-1-5-7(11)3-4-13-9(5)8(6)12/h1-2,7,12H,3-4,11H2/t7-/m0/s1. The van der Waals surface area contributed by atoms with Crippen molar-refractivity contribution in [2.24, 2.45) is 5.73 Å². The fourth-order valence-electron chi connectivity index (χ4n) is 1.45. The van der Waals surface area contributed by atoms with Crippen molar-refractivity contribution in [2.45, 2.75) is 12.5 Å². The van der Waals surface area contributed by atoms with Crippen LogP contribution in [-0.2, 0) is 0 Å². The van der Waals surface area contributed by atoms with E-state index >= 15 is 0 Å². The number of ether oxygens (including phenoxy) is 1. The highest BCUT2D eigenvalue weighted by Crippen LogP contribution is 2.40. The van der Waals surface area contributed by atoms with Crippen LogP contribution in [0.25, 0.3) is 0 Å². The smallest absolute Gasteiger partial charge is 0.171 e. The van der Waals surface area contributed by atoms with Gasteiger partial charge in [-0.15, -0.1) is 0 Å². The first-order chi connectivity index (χ1) is 6.20. The van der Waals surface area contributed by atoms with Crippen LogP contribution >= 0.6 is 22.6 Å². The molecule has 0 aliphatic carbocycles. The lowest BCUT2D eigenvalue weighted by molar-refractivity contribution is 0.255. The van der Waals surface area contributed by atoms with Gasteiger partial charge in [0.1, 0.15) is 0 Å². The molecule has 0 spiro atoms. The zero-order chi connectivity index (χ0) is 9.42. The molecule has 0 saturated heterocycles. The highest BCUT2D eigenvalue weighted by Gasteiger charge is 2.21. The number of nitrogens with two attached hydrogens (primary N) is 1. The third-order valence-electron chi connectivity index (χ3n) is 2.19. The second-order valence-corrected chi connectivity index (χ2v) is 4.22. The third kappa shape index (κ3) is 1.48. The Kier molecular flexibility index (Phi) is 2.33. The quantitative estimate of drug-likeness (QED) is 0.716. The maximum atomic E-state index is 9.67. The van der Waals surface area contributed by atoms with Crippen molar-refractivity contribution in [3.05, 3.63) is 21.3 Å². The van der Waals surface area contributed by atoms with E-state index < -0.39 is 0 Å². The van der Waals surface area contributed by atoms with E-state index in [-0.39, 0.29) is 11.8 Å². The van der Waals surface area contributed by atoms with Crippen molar-refractivity contribution in [1.82, 2.24) is 0 Å². The van der Waals surface area contributed by atoms with E-state index in [4.69, 9.17) is 10.5 Å². The van der Waals surface area contributed by atoms with Gasteiger partial charge in [0, 0.05) is 18.0 Å². The van der Waals surface area contributed by atoms with Crippen LogP contribution in [0.5, 0.6) is 11.5 Å². The Hall–Kier alpha value is -0.490. The van der Waals surface area contributed by atoms with Crippen LogP contribution in [0.1, 0.15) is 18.0 Å². The predicted molar refractivity (Wildman–Crippen MR) is 57.9 cm³/mol. The van der Waals surface area contributed by atoms with Crippen LogP contribution in [0.4, 0.5) is 0 Å². The van der Waals surface area contributed by atoms with Gasteiger partial charge < -0.3 is 15.6 Å². The zero-order valence-electron chi connectivity index (χ0n) is 6.96. The maximum absolute atomic E-state index is 9.67. The first-order valence-corrected chi connectivity index (χ1v) is 5.18. The summed E-state index contributed by atoms with van der Waals surface area (Å²) in [5.41, 5.74) is 6.78. The molecular formula is C9H10INO2. The number of fused-ring (bicyclic) bond motifs is 1. The second-order valence-electron chi connectivity index (χ2n) is 3.06. The molecule has 3 N–H and O–H groups in total. The van der Waals surface area contributed by atoms with Crippen LogP contribution in [0, 0.1) is 3.57 Å². The molecule has 0 fully saturated rings. The van der Waals surface area contributed by atoms with Gasteiger partial charge in [-0.25, -0.2) is 0 Å². The molecule has 0 radical (unpaired) electrons. The second kappa shape index (κ2) is 3.34. The molecule has 1 atom stereocenters. The summed E-state index contributed by atoms with van der Waals surface area (Å²) in [5.74, 6) is 0.777. The van der Waals surface area contributed by atoms with Gasteiger partial charge in [0.2, 0.25) is 0 Å². The minimum atomic E-state index is -0.00773. The van der Waals surface area contributed by atoms with Gasteiger partial charge in [-0.05, 0) is 28.7 Å². The van der Waals surface area contributed by atoms with Crippen LogP contribution in [0.2, 0.25) is 0 Å². The lowest BCUT2D eigenvalue weighted by Gasteiger charge is -2.23. The monoisotopic (exact) mass is 291 g/mol. The summed E-state index contributed by atoms with van der Waals surface area (Å²) in [7, 11) is 0. The SMILES string of the molecule is N[C@H]1CCOc2c1ccc(I)c2O. The number of phenolic OH excluding ortho intramolecular Hbond substituents is 1. The van der Waals surface area contributed by atoms with Crippen LogP contribution in [0.3, 0.4) is 0 Å². The molecule has 1 heterocycles. The van der Waals surface area contributed by atoms with Crippen molar-refractivity contribution in [3.8, 4) is 11.5 Å². The summed E-state index contributed by atoms with van der Waals surface area (Å²) in [5, 5.41) is 9.67. The summed E-state index contributed by atoms with van der Waals surface area (Å²) in [6.07, 6.45) is 0.813. The lowest BCUT2D eigenvalue weighted by atomic mass is 10.0. The Labute approximate surface area is 90.0 Å². The number of halogens is 1. The van der Waals surface area contributed by atoms with Gasteiger partial charge in [0.05, 0.1) is 10.2 Å². The highest BCUT2D eigenvalue weighted by atomic mass is 127. The Morgan fingerprint density at radius 1 is 1.54 bits per heavy atom. The normalized spacial score (nSPS) is 20.6. The van der Waals surface area contributed by atoms with Crippen molar-refractivity contribution < 1.29 is 9.84 Å². The molecule has 0 saturated carbocycles. The fraction of sp³-hybridized carbons (Fsp3) is 0.333. The average molecular weight is 291 g/mol. The molecule has 1 aliphatic heterocycles. The average Bonchev–Trinajstić information content (AvgIpc) is 2.12. The molecule has 0 bridgehead atoms. The molecule has 1 aliphatic rings. The van der Waals surface area contributed by atoms with Crippen molar-refractivity contribution in [3.63, 3.8) is 0 Å². The highest BCUT2D eigenvalue weighted by molar-refractivity contribution is 14.1. The first kappa shape index (κ1) is 9.08. The molecule has 70 valence electrons. The van der Waals surface area contributed by atoms with Crippen molar-refractivity contribution >= 4 is 22.6 Å². The number of rotatable bonds is 0. The first-order valence-electron chi connectivity index (χ1n) is 4.10. The van der Waals surface area contributed by atoms with E-state index in [0.717, 1.165) is 15.6 Å². The lowest BCUT2D eigenvalue weighted by Crippen LogP contribution is -2.20. The van der Waals surface area contributed by atoms with Gasteiger partial charge in [-0.2, -0.15) is 0 Å². The molecule has 1 aromatic rings. The zero-order valence-corrected chi connectivity index (χ0v) is 9.11. The van der Waals surface area contributed by atoms with Gasteiger partial charge in [0.25, 0.3) is 0 Å². The van der Waals surface area contributed by atoms with Crippen molar-refractivity contribution in [1.29, 1.82) is 0 Å². The molecule has 0 aromatic heterocycles. The minimum Gasteiger partial charge on any atom is -0.504 e. The summed E-state index contributed by atoms with van der Waals surface area (Å²) in [6.45, 7) is 0.585. The van der Waals surface area contributed by atoms with Gasteiger partial charge in [0.15, 0.2) is 11.5 Å². The largest absolute Gasteiger partial charge is 0.504 e. The number of phenols is 1. The van der Waals surface area contributed by atoms with E-state index in [1.165, 1.54) is 0 Å². The topological polar surface area (TPSA) is 55.5 Å². The molecule has 2 rings (SSSR count). The van der Waals surface area contributed by atoms with Gasteiger partial charge >= 0.3 is 0 Å². The number of benzene rings is 1. The van der Waals surface area contributed by atoms with Crippen LogP contribution in [0.15, 0.2) is 12.1 Å². The third-order valence-corrected chi connectivity index (χ3v) is 3.06. The van der Waals surface area contributed by atoms with E-state index in [1.807, 2.05) is 12.1 Å². The fourth-order valence-corrected chi connectivity index (χ4v) is 1.87. The summed E-state index contributed by atoms with van der Waals surface area (Å²) in [6, 6.07) is 3.76. The van der Waals surface area contributed by atoms with Crippen LogP contribution < -0.4 is 10.5 Å². The van der Waals surface area contributed by atoms with Gasteiger partial charge in [-0.1, -0.05) is 6.07 Å². The molecule has 0 amide bonds. The minimum absolute atomic E-state index is 0.00773. The predicted octanol–water partition coefficient (Wildman–Crippen LogP) is 1.78. The molecule has 4 heteroatoms. The van der Waals surface area contributed by atoms with E-state index in [0.29, 0.717) is 12.4 Å². The Bertz CT molecular complexity index is 341. The Morgan fingerprint density at radius 3 is 3.08 bits per heavy atom. The molecule has 3 nitrogen and oxygen atoms in total. The number of aromatic hydroxyl groups is 1. The maximum Gasteiger partial charge on any atom is 0.171 e. The number of hydrogen-bond acceptors (Lipinski definition) is 3. The van der Waals surface area contributed by atoms with E-state index in [2.05, 4.69) is 22.6 Å². The van der Waals surface area contributed by atoms with E-state index in [1.54, 1.807) is 0 Å². The molecule has 0 unspecified atom stereocenters. The molecular weight excluding hydrogens is 281 g/mol. The van der Waals surface area contributed by atoms with Crippen molar-refractivity contribution in [2.75, 3.05) is 6.61 Å². The summed E-state index contributed by atoms with van der Waals surface area (Å²) < 4.78 is 6.17.